The zero-order valence-corrected chi connectivity index (χ0v) is 10.4. The molecule has 1 N–H and O–H groups in total. The zero-order valence-electron chi connectivity index (χ0n) is 10.4. The van der Waals surface area contributed by atoms with Crippen LogP contribution in [-0.4, -0.2) is 36.1 Å². The van der Waals surface area contributed by atoms with E-state index < -0.39 is 6.10 Å². The Hall–Kier alpha value is -1.62. The number of fused-ring (bicyclic) bond motifs is 1. The minimum absolute atomic E-state index is 0.0439. The number of carbonyl (C=O) groups excluding carboxylic acids is 1. The molecule has 1 atom stereocenters. The molecule has 0 spiro atoms. The van der Waals surface area contributed by atoms with Crippen LogP contribution < -0.4 is 15.0 Å². The summed E-state index contributed by atoms with van der Waals surface area (Å²) < 4.78 is 5.55. The number of nitrogens with one attached hydrogen (secondary N) is 1. The van der Waals surface area contributed by atoms with E-state index in [0.29, 0.717) is 5.88 Å². The third kappa shape index (κ3) is 1.84. The number of hydrogen-bond donors (Lipinski definition) is 1. The first-order chi connectivity index (χ1) is 8.77. The van der Waals surface area contributed by atoms with E-state index in [-0.39, 0.29) is 11.9 Å². The van der Waals surface area contributed by atoms with Gasteiger partial charge in [0.15, 0.2) is 6.10 Å². The van der Waals surface area contributed by atoms with Crippen molar-refractivity contribution in [2.24, 2.45) is 0 Å². The number of pyridine rings is 1. The highest BCUT2D eigenvalue weighted by molar-refractivity contribution is 5.99. The maximum atomic E-state index is 12.3. The van der Waals surface area contributed by atoms with Crippen LogP contribution in [0.2, 0.25) is 0 Å². The van der Waals surface area contributed by atoms with E-state index in [0.717, 1.165) is 31.6 Å². The van der Waals surface area contributed by atoms with E-state index in [4.69, 9.17) is 4.74 Å². The van der Waals surface area contributed by atoms with Crippen molar-refractivity contribution in [3.8, 4) is 5.88 Å². The van der Waals surface area contributed by atoms with Crippen LogP contribution >= 0.6 is 0 Å². The predicted octanol–water partition coefficient (Wildman–Crippen LogP) is 0.947. The topological polar surface area (TPSA) is 54.5 Å². The fraction of sp³-hybridized carbons (Fsp3) is 0.538. The third-order valence-electron chi connectivity index (χ3n) is 3.56. The molecule has 0 aromatic carbocycles. The second-order valence-corrected chi connectivity index (χ2v) is 4.78. The number of ether oxygens (including phenoxy) is 1. The van der Waals surface area contributed by atoms with Gasteiger partial charge in [-0.05, 0) is 45.0 Å². The fourth-order valence-electron chi connectivity index (χ4n) is 2.63. The van der Waals surface area contributed by atoms with Crippen molar-refractivity contribution in [2.75, 3.05) is 18.0 Å². The van der Waals surface area contributed by atoms with Crippen molar-refractivity contribution in [3.05, 3.63) is 18.3 Å². The van der Waals surface area contributed by atoms with Crippen LogP contribution in [-0.2, 0) is 4.79 Å². The lowest BCUT2D eigenvalue weighted by Crippen LogP contribution is -2.52. The molecule has 96 valence electrons. The van der Waals surface area contributed by atoms with Crippen LogP contribution in [0.3, 0.4) is 0 Å². The van der Waals surface area contributed by atoms with Gasteiger partial charge in [-0.2, -0.15) is 0 Å². The number of rotatable bonds is 1. The van der Waals surface area contributed by atoms with Gasteiger partial charge in [0.2, 0.25) is 5.88 Å². The molecule has 1 aromatic rings. The van der Waals surface area contributed by atoms with E-state index in [1.165, 1.54) is 0 Å². The van der Waals surface area contributed by atoms with Crippen molar-refractivity contribution < 1.29 is 9.53 Å². The van der Waals surface area contributed by atoms with E-state index in [9.17, 15) is 4.79 Å². The first kappa shape index (κ1) is 11.5. The van der Waals surface area contributed by atoms with Crippen molar-refractivity contribution in [2.45, 2.75) is 31.9 Å². The molecule has 2 aliphatic rings. The Bertz CT molecular complexity index is 457. The summed E-state index contributed by atoms with van der Waals surface area (Å²) in [6.45, 7) is 3.70. The Morgan fingerprint density at radius 3 is 3.00 bits per heavy atom. The molecule has 3 rings (SSSR count). The summed E-state index contributed by atoms with van der Waals surface area (Å²) >= 11 is 0. The number of nitrogens with zero attached hydrogens (tertiary/aromatic N) is 2. The molecule has 2 aliphatic heterocycles. The molecule has 3 heterocycles. The Balaban J connectivity index is 1.97. The summed E-state index contributed by atoms with van der Waals surface area (Å²) in [5.41, 5.74) is 0.813. The number of hydrogen-bond acceptors (Lipinski definition) is 4. The maximum absolute atomic E-state index is 12.3. The molecule has 18 heavy (non-hydrogen) atoms. The second-order valence-electron chi connectivity index (χ2n) is 4.78. The minimum atomic E-state index is -0.442. The highest BCUT2D eigenvalue weighted by Crippen LogP contribution is 2.34. The minimum Gasteiger partial charge on any atom is -0.463 e. The van der Waals surface area contributed by atoms with Crippen molar-refractivity contribution in [3.63, 3.8) is 0 Å². The first-order valence-corrected chi connectivity index (χ1v) is 6.43. The number of aromatic nitrogens is 1. The van der Waals surface area contributed by atoms with Gasteiger partial charge in [0.1, 0.15) is 5.69 Å². The molecule has 1 unspecified atom stereocenters. The molecule has 0 aliphatic carbocycles. The summed E-state index contributed by atoms with van der Waals surface area (Å²) in [5.74, 6) is 0.616. The van der Waals surface area contributed by atoms with Crippen LogP contribution in [0.1, 0.15) is 19.8 Å². The molecule has 1 aromatic heterocycles. The summed E-state index contributed by atoms with van der Waals surface area (Å²) in [4.78, 5) is 18.4. The van der Waals surface area contributed by atoms with Gasteiger partial charge in [0.05, 0.1) is 0 Å². The molecule has 0 radical (unpaired) electrons. The van der Waals surface area contributed by atoms with Gasteiger partial charge in [0.25, 0.3) is 5.91 Å². The number of carbonyl (C=O) groups is 1. The van der Waals surface area contributed by atoms with Gasteiger partial charge in [0, 0.05) is 12.2 Å². The van der Waals surface area contributed by atoms with Gasteiger partial charge >= 0.3 is 0 Å². The lowest BCUT2D eigenvalue weighted by Gasteiger charge is -2.39. The molecular formula is C13H17N3O2. The van der Waals surface area contributed by atoms with Gasteiger partial charge in [-0.25, -0.2) is 4.98 Å². The lowest BCUT2D eigenvalue weighted by molar-refractivity contribution is -0.126. The van der Waals surface area contributed by atoms with Gasteiger partial charge < -0.3 is 15.0 Å². The zero-order chi connectivity index (χ0) is 12.5. The Kier molecular flexibility index (Phi) is 2.91. The molecule has 0 saturated carbocycles. The van der Waals surface area contributed by atoms with E-state index in [2.05, 4.69) is 10.3 Å². The SMILES string of the molecule is CC1Oc2ncccc2N(C2CCNCC2)C1=O. The third-order valence-corrected chi connectivity index (χ3v) is 3.56. The summed E-state index contributed by atoms with van der Waals surface area (Å²) in [6.07, 6.45) is 3.21. The summed E-state index contributed by atoms with van der Waals surface area (Å²) in [6, 6.07) is 4.02. The number of piperidine rings is 1. The Morgan fingerprint density at radius 1 is 1.44 bits per heavy atom. The van der Waals surface area contributed by atoms with Gasteiger partial charge in [-0.15, -0.1) is 0 Å². The van der Waals surface area contributed by atoms with E-state index in [1.807, 2.05) is 17.0 Å². The molecule has 5 heteroatoms. The highest BCUT2D eigenvalue weighted by atomic mass is 16.5. The maximum Gasteiger partial charge on any atom is 0.268 e. The predicted molar refractivity (Wildman–Crippen MR) is 67.7 cm³/mol. The van der Waals surface area contributed by atoms with Gasteiger partial charge in [-0.3, -0.25) is 4.79 Å². The number of anilines is 1. The van der Waals surface area contributed by atoms with Crippen molar-refractivity contribution >= 4 is 11.6 Å². The normalized spacial score (nSPS) is 24.6. The van der Waals surface area contributed by atoms with Gasteiger partial charge in [-0.1, -0.05) is 0 Å². The summed E-state index contributed by atoms with van der Waals surface area (Å²) in [5, 5.41) is 3.32. The average molecular weight is 247 g/mol. The molecule has 1 saturated heterocycles. The molecular weight excluding hydrogens is 230 g/mol. The largest absolute Gasteiger partial charge is 0.463 e. The van der Waals surface area contributed by atoms with Crippen molar-refractivity contribution in [1.82, 2.24) is 10.3 Å². The Morgan fingerprint density at radius 2 is 2.22 bits per heavy atom. The first-order valence-electron chi connectivity index (χ1n) is 6.43. The van der Waals surface area contributed by atoms with Crippen LogP contribution in [0.25, 0.3) is 0 Å². The lowest BCUT2D eigenvalue weighted by atomic mass is 10.0. The van der Waals surface area contributed by atoms with Crippen LogP contribution in [0.4, 0.5) is 5.69 Å². The molecule has 1 fully saturated rings. The molecule has 5 nitrogen and oxygen atoms in total. The quantitative estimate of drug-likeness (QED) is 0.802. The number of amides is 1. The van der Waals surface area contributed by atoms with Crippen molar-refractivity contribution in [1.29, 1.82) is 0 Å². The van der Waals surface area contributed by atoms with Crippen LogP contribution in [0, 0.1) is 0 Å². The monoisotopic (exact) mass is 247 g/mol. The highest BCUT2D eigenvalue weighted by Gasteiger charge is 2.36. The summed E-state index contributed by atoms with van der Waals surface area (Å²) in [7, 11) is 0. The van der Waals surface area contributed by atoms with Crippen LogP contribution in [0.15, 0.2) is 18.3 Å². The van der Waals surface area contributed by atoms with E-state index in [1.54, 1.807) is 13.1 Å². The average Bonchev–Trinajstić information content (AvgIpc) is 2.41. The Labute approximate surface area is 106 Å². The molecule has 0 bridgehead atoms. The van der Waals surface area contributed by atoms with Crippen LogP contribution in [0.5, 0.6) is 5.88 Å². The smallest absolute Gasteiger partial charge is 0.268 e. The molecule has 1 amide bonds. The standard InChI is InChI=1S/C13H17N3O2/c1-9-13(17)16(10-4-7-14-8-5-10)11-3-2-6-15-12(11)18-9/h2-3,6,9-10,14H,4-5,7-8H2,1H3. The second kappa shape index (κ2) is 4.57. The fourth-order valence-corrected chi connectivity index (χ4v) is 2.63. The van der Waals surface area contributed by atoms with E-state index >= 15 is 0 Å².